The van der Waals surface area contributed by atoms with Crippen molar-refractivity contribution in [1.82, 2.24) is 15.3 Å². The highest BCUT2D eigenvalue weighted by atomic mass is 32.2. The fourth-order valence-electron chi connectivity index (χ4n) is 2.42. The van der Waals surface area contributed by atoms with Crippen LogP contribution in [0, 0.1) is 0 Å². The van der Waals surface area contributed by atoms with E-state index in [0.29, 0.717) is 13.0 Å². The van der Waals surface area contributed by atoms with Crippen molar-refractivity contribution in [1.29, 1.82) is 0 Å². The van der Waals surface area contributed by atoms with Crippen molar-refractivity contribution >= 4 is 28.8 Å². The highest BCUT2D eigenvalue weighted by Gasteiger charge is 2.34. The number of hydrogen-bond donors (Lipinski definition) is 3. The zero-order valence-electron chi connectivity index (χ0n) is 12.5. The van der Waals surface area contributed by atoms with Gasteiger partial charge in [-0.3, -0.25) is 4.79 Å². The van der Waals surface area contributed by atoms with Gasteiger partial charge in [-0.15, -0.1) is 0 Å². The Morgan fingerprint density at radius 2 is 2.24 bits per heavy atom. The monoisotopic (exact) mass is 307 g/mol. The molecule has 0 spiro atoms. The van der Waals surface area contributed by atoms with Gasteiger partial charge in [0.25, 0.3) is 0 Å². The molecule has 0 amide bonds. The Morgan fingerprint density at radius 3 is 2.86 bits per heavy atom. The number of carbonyl (C=O) groups is 1. The molecule has 0 saturated carbocycles. The number of imidazole rings is 1. The molecule has 21 heavy (non-hydrogen) atoms. The van der Waals surface area contributed by atoms with Gasteiger partial charge in [0, 0.05) is 5.25 Å². The summed E-state index contributed by atoms with van der Waals surface area (Å²) in [7, 11) is 0. The summed E-state index contributed by atoms with van der Waals surface area (Å²) in [6.07, 6.45) is 0.526. The van der Waals surface area contributed by atoms with Gasteiger partial charge in [-0.1, -0.05) is 37.7 Å². The van der Waals surface area contributed by atoms with Gasteiger partial charge in [-0.2, -0.15) is 0 Å². The maximum Gasteiger partial charge on any atom is 0.323 e. The first kappa shape index (κ1) is 15.9. The predicted molar refractivity (Wildman–Crippen MR) is 85.7 cm³/mol. The van der Waals surface area contributed by atoms with Gasteiger partial charge in [-0.25, -0.2) is 4.98 Å². The number of aromatic amines is 1. The van der Waals surface area contributed by atoms with E-state index < -0.39 is 11.5 Å². The molecule has 114 valence electrons. The lowest BCUT2D eigenvalue weighted by Gasteiger charge is -2.28. The highest BCUT2D eigenvalue weighted by Crippen LogP contribution is 2.28. The van der Waals surface area contributed by atoms with Gasteiger partial charge < -0.3 is 15.4 Å². The SMILES string of the molecule is CCNC(C)(CC(C)Sc1nc2ccccc2[nH]1)C(=O)O. The number of carboxylic acid groups (broad SMARTS) is 1. The molecule has 0 aliphatic heterocycles. The maximum atomic E-state index is 11.4. The molecule has 6 heteroatoms. The predicted octanol–water partition coefficient (Wildman–Crippen LogP) is 2.89. The third-order valence-corrected chi connectivity index (χ3v) is 4.40. The molecule has 3 N–H and O–H groups in total. The number of aliphatic carboxylic acids is 1. The third-order valence-electron chi connectivity index (χ3n) is 3.42. The molecule has 0 fully saturated rings. The second-order valence-electron chi connectivity index (χ2n) is 5.36. The van der Waals surface area contributed by atoms with Crippen LogP contribution in [0.5, 0.6) is 0 Å². The average molecular weight is 307 g/mol. The Hall–Kier alpha value is -1.53. The van der Waals surface area contributed by atoms with Crippen LogP contribution in [-0.2, 0) is 4.79 Å². The molecule has 1 aromatic heterocycles. The van der Waals surface area contributed by atoms with Crippen molar-refractivity contribution in [2.75, 3.05) is 6.54 Å². The van der Waals surface area contributed by atoms with Gasteiger partial charge >= 0.3 is 5.97 Å². The number of nitrogens with one attached hydrogen (secondary N) is 2. The zero-order valence-corrected chi connectivity index (χ0v) is 13.3. The molecule has 0 saturated heterocycles. The third kappa shape index (κ3) is 3.77. The summed E-state index contributed by atoms with van der Waals surface area (Å²) >= 11 is 1.57. The summed E-state index contributed by atoms with van der Waals surface area (Å²) in [5.41, 5.74) is 1.02. The van der Waals surface area contributed by atoms with Crippen molar-refractivity contribution in [2.45, 2.75) is 43.1 Å². The molecule has 1 heterocycles. The van der Waals surface area contributed by atoms with Crippen molar-refractivity contribution in [3.63, 3.8) is 0 Å². The molecule has 0 aliphatic carbocycles. The summed E-state index contributed by atoms with van der Waals surface area (Å²) in [6.45, 7) is 6.30. The number of likely N-dealkylation sites (N-methyl/N-ethyl adjacent to an activating group) is 1. The number of nitrogens with zero attached hydrogens (tertiary/aromatic N) is 1. The molecule has 0 radical (unpaired) electrons. The van der Waals surface area contributed by atoms with Crippen LogP contribution in [0.25, 0.3) is 11.0 Å². The summed E-state index contributed by atoms with van der Waals surface area (Å²) < 4.78 is 0. The summed E-state index contributed by atoms with van der Waals surface area (Å²) in [5.74, 6) is -0.818. The molecule has 5 nitrogen and oxygen atoms in total. The van der Waals surface area contributed by atoms with Crippen molar-refractivity contribution in [2.24, 2.45) is 0 Å². The molecular formula is C15H21N3O2S. The number of fused-ring (bicyclic) bond motifs is 1. The van der Waals surface area contributed by atoms with E-state index in [4.69, 9.17) is 0 Å². The maximum absolute atomic E-state index is 11.4. The minimum atomic E-state index is -0.910. The number of hydrogen-bond acceptors (Lipinski definition) is 4. The van der Waals surface area contributed by atoms with E-state index in [2.05, 4.69) is 15.3 Å². The number of thioether (sulfide) groups is 1. The van der Waals surface area contributed by atoms with Gasteiger partial charge in [0.15, 0.2) is 5.16 Å². The first-order valence-corrected chi connectivity index (χ1v) is 7.92. The van der Waals surface area contributed by atoms with E-state index >= 15 is 0 Å². The Kier molecular flexibility index (Phi) is 4.90. The van der Waals surface area contributed by atoms with E-state index in [9.17, 15) is 9.90 Å². The van der Waals surface area contributed by atoms with E-state index in [0.717, 1.165) is 16.2 Å². The number of benzene rings is 1. The second kappa shape index (κ2) is 6.49. The lowest BCUT2D eigenvalue weighted by molar-refractivity contribution is -0.144. The van der Waals surface area contributed by atoms with Crippen LogP contribution in [0.3, 0.4) is 0 Å². The standard InChI is InChI=1S/C15H21N3O2S/c1-4-16-15(3,13(19)20)9-10(2)21-14-17-11-7-5-6-8-12(11)18-14/h5-8,10,16H,4,9H2,1-3H3,(H,17,18)(H,19,20). The van der Waals surface area contributed by atoms with E-state index in [1.165, 1.54) is 0 Å². The van der Waals surface area contributed by atoms with E-state index in [1.807, 2.05) is 38.1 Å². The van der Waals surface area contributed by atoms with Crippen LogP contribution in [0.1, 0.15) is 27.2 Å². The molecule has 0 bridgehead atoms. The van der Waals surface area contributed by atoms with Crippen LogP contribution in [0.2, 0.25) is 0 Å². The number of H-pyrrole nitrogens is 1. The molecular weight excluding hydrogens is 286 g/mol. The normalized spacial score (nSPS) is 15.8. The highest BCUT2D eigenvalue weighted by molar-refractivity contribution is 7.99. The second-order valence-corrected chi connectivity index (χ2v) is 6.79. The van der Waals surface area contributed by atoms with Gasteiger partial charge in [0.1, 0.15) is 5.54 Å². The van der Waals surface area contributed by atoms with Crippen LogP contribution in [0.4, 0.5) is 0 Å². The number of aromatic nitrogens is 2. The van der Waals surface area contributed by atoms with Crippen LogP contribution < -0.4 is 5.32 Å². The first-order valence-electron chi connectivity index (χ1n) is 7.04. The Morgan fingerprint density at radius 1 is 1.52 bits per heavy atom. The lowest BCUT2D eigenvalue weighted by Crippen LogP contribution is -2.50. The van der Waals surface area contributed by atoms with Crippen molar-refractivity contribution in [3.05, 3.63) is 24.3 Å². The summed E-state index contributed by atoms with van der Waals surface area (Å²) in [6, 6.07) is 7.86. The number of rotatable bonds is 7. The lowest BCUT2D eigenvalue weighted by atomic mass is 9.96. The largest absolute Gasteiger partial charge is 0.480 e. The zero-order chi connectivity index (χ0) is 15.5. The van der Waals surface area contributed by atoms with Gasteiger partial charge in [0.05, 0.1) is 11.0 Å². The van der Waals surface area contributed by atoms with Gasteiger partial charge in [0.2, 0.25) is 0 Å². The van der Waals surface area contributed by atoms with Crippen LogP contribution in [0.15, 0.2) is 29.4 Å². The van der Waals surface area contributed by atoms with Gasteiger partial charge in [-0.05, 0) is 32.0 Å². The Labute approximate surface area is 128 Å². The molecule has 1 aromatic carbocycles. The smallest absolute Gasteiger partial charge is 0.323 e. The fraction of sp³-hybridized carbons (Fsp3) is 0.467. The minimum Gasteiger partial charge on any atom is -0.480 e. The minimum absolute atomic E-state index is 0.130. The van der Waals surface area contributed by atoms with Crippen molar-refractivity contribution in [3.8, 4) is 0 Å². The fourth-order valence-corrected chi connectivity index (χ4v) is 3.54. The Balaban J connectivity index is 2.06. The quantitative estimate of drug-likeness (QED) is 0.686. The molecule has 2 aromatic rings. The number of para-hydroxylation sites is 2. The first-order chi connectivity index (χ1) is 9.94. The average Bonchev–Trinajstić information content (AvgIpc) is 2.80. The summed E-state index contributed by atoms with van der Waals surface area (Å²) in [5, 5.41) is 13.4. The summed E-state index contributed by atoms with van der Waals surface area (Å²) in [4.78, 5) is 19.2. The molecule has 2 unspecified atom stereocenters. The molecule has 2 rings (SSSR count). The van der Waals surface area contributed by atoms with Crippen molar-refractivity contribution < 1.29 is 9.90 Å². The van der Waals surface area contributed by atoms with Crippen LogP contribution >= 0.6 is 11.8 Å². The number of carboxylic acids is 1. The van der Waals surface area contributed by atoms with E-state index in [-0.39, 0.29) is 5.25 Å². The van der Waals surface area contributed by atoms with Crippen LogP contribution in [-0.4, -0.2) is 38.4 Å². The molecule has 2 atom stereocenters. The molecule has 0 aliphatic rings. The Bertz CT molecular complexity index is 595. The van der Waals surface area contributed by atoms with E-state index in [1.54, 1.807) is 18.7 Å². The topological polar surface area (TPSA) is 78.0 Å².